The SMILES string of the molecule is N#C/C(=C\c1cn(-c2ccccc2)nc1-c1ccc(OCc2ccc(F)cc2)cc1)C(=O)NCC1CCCO1. The molecular formula is C31H27FN4O3. The van der Waals surface area contributed by atoms with E-state index in [0.29, 0.717) is 36.8 Å². The Morgan fingerprint density at radius 2 is 1.90 bits per heavy atom. The average Bonchev–Trinajstić information content (AvgIpc) is 3.65. The summed E-state index contributed by atoms with van der Waals surface area (Å²) in [6.07, 6.45) is 5.21. The van der Waals surface area contributed by atoms with E-state index in [1.807, 2.05) is 60.7 Å². The maximum atomic E-state index is 13.1. The minimum atomic E-state index is -0.448. The number of hydrogen-bond donors (Lipinski definition) is 1. The molecule has 0 spiro atoms. The van der Waals surface area contributed by atoms with Gasteiger partial charge in [-0.15, -0.1) is 0 Å². The van der Waals surface area contributed by atoms with E-state index in [0.717, 1.165) is 29.7 Å². The summed E-state index contributed by atoms with van der Waals surface area (Å²) in [5.41, 5.74) is 3.73. The highest BCUT2D eigenvalue weighted by Crippen LogP contribution is 2.28. The Hall–Kier alpha value is -4.74. The highest BCUT2D eigenvalue weighted by molar-refractivity contribution is 6.02. The van der Waals surface area contributed by atoms with Crippen molar-refractivity contribution in [2.24, 2.45) is 0 Å². The summed E-state index contributed by atoms with van der Waals surface area (Å²) in [4.78, 5) is 12.8. The normalized spacial score (nSPS) is 15.1. The predicted octanol–water partition coefficient (Wildman–Crippen LogP) is 5.46. The molecule has 1 aromatic heterocycles. The van der Waals surface area contributed by atoms with E-state index in [2.05, 4.69) is 5.32 Å². The van der Waals surface area contributed by atoms with Crippen molar-refractivity contribution in [3.63, 3.8) is 0 Å². The van der Waals surface area contributed by atoms with Crippen LogP contribution in [-0.2, 0) is 16.1 Å². The molecule has 1 aliphatic rings. The number of nitrogens with zero attached hydrogens (tertiary/aromatic N) is 3. The molecule has 7 nitrogen and oxygen atoms in total. The molecule has 39 heavy (non-hydrogen) atoms. The van der Waals surface area contributed by atoms with Crippen molar-refractivity contribution in [2.45, 2.75) is 25.6 Å². The summed E-state index contributed by atoms with van der Waals surface area (Å²) in [6, 6.07) is 25.2. The molecule has 3 aromatic carbocycles. The van der Waals surface area contributed by atoms with Gasteiger partial charge in [-0.1, -0.05) is 30.3 Å². The Labute approximate surface area is 226 Å². The number of nitriles is 1. The number of benzene rings is 3. The quantitative estimate of drug-likeness (QED) is 0.233. The van der Waals surface area contributed by atoms with Crippen LogP contribution in [0, 0.1) is 17.1 Å². The Balaban J connectivity index is 1.39. The molecule has 4 aromatic rings. The van der Waals surface area contributed by atoms with Crippen LogP contribution in [0.15, 0.2) is 90.6 Å². The van der Waals surface area contributed by atoms with Crippen LogP contribution in [0.5, 0.6) is 5.75 Å². The predicted molar refractivity (Wildman–Crippen MR) is 145 cm³/mol. The number of halogens is 1. The van der Waals surface area contributed by atoms with Crippen LogP contribution in [-0.4, -0.2) is 34.9 Å². The fourth-order valence-corrected chi connectivity index (χ4v) is 4.30. The van der Waals surface area contributed by atoms with Gasteiger partial charge in [-0.05, 0) is 73.0 Å². The van der Waals surface area contributed by atoms with Gasteiger partial charge in [-0.25, -0.2) is 9.07 Å². The highest BCUT2D eigenvalue weighted by Gasteiger charge is 2.19. The van der Waals surface area contributed by atoms with Crippen LogP contribution in [0.25, 0.3) is 23.0 Å². The first-order valence-electron chi connectivity index (χ1n) is 12.7. The molecule has 1 saturated heterocycles. The van der Waals surface area contributed by atoms with Gasteiger partial charge in [0.25, 0.3) is 5.91 Å². The van der Waals surface area contributed by atoms with E-state index >= 15 is 0 Å². The van der Waals surface area contributed by atoms with Gasteiger partial charge in [0.15, 0.2) is 0 Å². The van der Waals surface area contributed by atoms with E-state index in [9.17, 15) is 14.4 Å². The first kappa shape index (κ1) is 25.9. The van der Waals surface area contributed by atoms with E-state index in [1.165, 1.54) is 12.1 Å². The number of carbonyl (C=O) groups excluding carboxylic acids is 1. The second-order valence-corrected chi connectivity index (χ2v) is 9.17. The number of rotatable bonds is 9. The van der Waals surface area contributed by atoms with Crippen molar-refractivity contribution in [2.75, 3.05) is 13.2 Å². The molecule has 1 atom stereocenters. The van der Waals surface area contributed by atoms with Crippen LogP contribution in [0.4, 0.5) is 4.39 Å². The zero-order valence-electron chi connectivity index (χ0n) is 21.2. The molecule has 1 N–H and O–H groups in total. The Kier molecular flexibility index (Phi) is 8.10. The second-order valence-electron chi connectivity index (χ2n) is 9.17. The van der Waals surface area contributed by atoms with Gasteiger partial charge in [0.05, 0.1) is 17.5 Å². The minimum Gasteiger partial charge on any atom is -0.489 e. The van der Waals surface area contributed by atoms with Crippen molar-refractivity contribution in [1.82, 2.24) is 15.1 Å². The first-order chi connectivity index (χ1) is 19.1. The first-order valence-corrected chi connectivity index (χ1v) is 12.7. The number of nitrogens with one attached hydrogen (secondary N) is 1. The average molecular weight is 523 g/mol. The molecule has 1 fully saturated rings. The van der Waals surface area contributed by atoms with Crippen LogP contribution in [0.2, 0.25) is 0 Å². The molecule has 0 bridgehead atoms. The summed E-state index contributed by atoms with van der Waals surface area (Å²) >= 11 is 0. The largest absolute Gasteiger partial charge is 0.489 e. The molecule has 8 heteroatoms. The van der Waals surface area contributed by atoms with E-state index in [-0.39, 0.29) is 17.5 Å². The fraction of sp³-hybridized carbons (Fsp3) is 0.194. The van der Waals surface area contributed by atoms with Gasteiger partial charge < -0.3 is 14.8 Å². The molecule has 2 heterocycles. The molecular weight excluding hydrogens is 495 g/mol. The van der Waals surface area contributed by atoms with Crippen LogP contribution in [0.3, 0.4) is 0 Å². The lowest BCUT2D eigenvalue weighted by molar-refractivity contribution is -0.117. The maximum absolute atomic E-state index is 13.1. The molecule has 1 aliphatic heterocycles. The Morgan fingerprint density at radius 1 is 1.13 bits per heavy atom. The third kappa shape index (κ3) is 6.58. The number of para-hydroxylation sites is 1. The zero-order chi connectivity index (χ0) is 27.0. The van der Waals surface area contributed by atoms with Gasteiger partial charge >= 0.3 is 0 Å². The van der Waals surface area contributed by atoms with Crippen molar-refractivity contribution >= 4 is 12.0 Å². The summed E-state index contributed by atoms with van der Waals surface area (Å²) in [6.45, 7) is 1.37. The third-order valence-electron chi connectivity index (χ3n) is 6.39. The lowest BCUT2D eigenvalue weighted by Gasteiger charge is -2.10. The molecule has 196 valence electrons. The molecule has 1 amide bonds. The molecule has 1 unspecified atom stereocenters. The smallest absolute Gasteiger partial charge is 0.262 e. The maximum Gasteiger partial charge on any atom is 0.262 e. The molecule has 0 saturated carbocycles. The van der Waals surface area contributed by atoms with Crippen LogP contribution >= 0.6 is 0 Å². The lowest BCUT2D eigenvalue weighted by Crippen LogP contribution is -2.32. The molecule has 0 radical (unpaired) electrons. The van der Waals surface area contributed by atoms with E-state index < -0.39 is 5.91 Å². The summed E-state index contributed by atoms with van der Waals surface area (Å²) in [7, 11) is 0. The number of ether oxygens (including phenoxy) is 2. The standard InChI is InChI=1S/C31H27FN4O3/c32-26-12-8-22(9-13-26)21-39-28-14-10-23(11-15-28)30-25(20-36(35-30)27-5-2-1-3-6-27)17-24(18-33)31(37)34-19-29-7-4-16-38-29/h1-3,5-6,8-15,17,20,29H,4,7,16,19,21H2,(H,34,37)/b24-17+. The Morgan fingerprint density at radius 3 is 2.59 bits per heavy atom. The summed E-state index contributed by atoms with van der Waals surface area (Å²) in [5, 5.41) is 17.3. The number of amides is 1. The summed E-state index contributed by atoms with van der Waals surface area (Å²) in [5.74, 6) is -0.0902. The van der Waals surface area contributed by atoms with Gasteiger partial charge in [0.2, 0.25) is 0 Å². The van der Waals surface area contributed by atoms with E-state index in [1.54, 1.807) is 29.1 Å². The van der Waals surface area contributed by atoms with Crippen LogP contribution < -0.4 is 10.1 Å². The van der Waals surface area contributed by atoms with Crippen molar-refractivity contribution < 1.29 is 18.7 Å². The minimum absolute atomic E-state index is 0.0129. The highest BCUT2D eigenvalue weighted by atomic mass is 19.1. The third-order valence-corrected chi connectivity index (χ3v) is 6.39. The zero-order valence-corrected chi connectivity index (χ0v) is 21.2. The Bertz CT molecular complexity index is 1480. The van der Waals surface area contributed by atoms with E-state index in [4.69, 9.17) is 14.6 Å². The number of hydrogen-bond acceptors (Lipinski definition) is 5. The van der Waals surface area contributed by atoms with Gasteiger partial charge in [-0.3, -0.25) is 4.79 Å². The van der Waals surface area contributed by atoms with Gasteiger partial charge in [0.1, 0.15) is 29.8 Å². The topological polar surface area (TPSA) is 89.2 Å². The molecule has 5 rings (SSSR count). The van der Waals surface area contributed by atoms with Gasteiger partial charge in [0, 0.05) is 30.5 Å². The lowest BCUT2D eigenvalue weighted by atomic mass is 10.1. The number of carbonyl (C=O) groups is 1. The van der Waals surface area contributed by atoms with Crippen molar-refractivity contribution in [3.05, 3.63) is 108 Å². The monoisotopic (exact) mass is 522 g/mol. The number of aromatic nitrogens is 2. The van der Waals surface area contributed by atoms with Crippen molar-refractivity contribution in [3.8, 4) is 28.8 Å². The van der Waals surface area contributed by atoms with Crippen molar-refractivity contribution in [1.29, 1.82) is 5.26 Å². The van der Waals surface area contributed by atoms with Gasteiger partial charge in [-0.2, -0.15) is 10.4 Å². The second kappa shape index (κ2) is 12.2. The van der Waals surface area contributed by atoms with Crippen LogP contribution in [0.1, 0.15) is 24.0 Å². The summed E-state index contributed by atoms with van der Waals surface area (Å²) < 4.78 is 26.3. The fourth-order valence-electron chi connectivity index (χ4n) is 4.30. The molecule has 0 aliphatic carbocycles.